The summed E-state index contributed by atoms with van der Waals surface area (Å²) in [7, 11) is 0. The molecule has 0 unspecified atom stereocenters. The molecule has 0 saturated carbocycles. The molecule has 0 aliphatic carbocycles. The van der Waals surface area contributed by atoms with Crippen LogP contribution in [0.1, 0.15) is 42.9 Å². The second-order valence-corrected chi connectivity index (χ2v) is 6.89. The van der Waals surface area contributed by atoms with Gasteiger partial charge in [0.25, 0.3) is 0 Å². The van der Waals surface area contributed by atoms with Crippen LogP contribution in [0.5, 0.6) is 0 Å². The van der Waals surface area contributed by atoms with Crippen LogP contribution in [0, 0.1) is 13.8 Å². The van der Waals surface area contributed by atoms with Gasteiger partial charge in [-0.15, -0.1) is 0 Å². The Hall–Kier alpha value is -1.81. The standard InChI is InChI=1S/C20H28N2O2/c1-4-11-22(17-7-9-21-10-8-17)19(23)12-16-13-24-20-15(3)14(2)5-6-18(16)20/h5-6,13,17,21H,4,7-12H2,1-3H3. The Kier molecular flexibility index (Phi) is 5.24. The van der Waals surface area contributed by atoms with Gasteiger partial charge in [0.15, 0.2) is 0 Å². The molecule has 1 aliphatic rings. The van der Waals surface area contributed by atoms with E-state index in [-0.39, 0.29) is 5.91 Å². The van der Waals surface area contributed by atoms with Gasteiger partial charge in [-0.3, -0.25) is 4.79 Å². The zero-order valence-electron chi connectivity index (χ0n) is 15.0. The number of aryl methyl sites for hydroxylation is 2. The summed E-state index contributed by atoms with van der Waals surface area (Å²) in [6.45, 7) is 9.15. The van der Waals surface area contributed by atoms with Crippen molar-refractivity contribution in [3.63, 3.8) is 0 Å². The zero-order chi connectivity index (χ0) is 17.1. The molecule has 1 fully saturated rings. The van der Waals surface area contributed by atoms with Crippen LogP contribution in [-0.4, -0.2) is 36.5 Å². The number of amides is 1. The number of nitrogens with one attached hydrogen (secondary N) is 1. The number of fused-ring (bicyclic) bond motifs is 1. The van der Waals surface area contributed by atoms with Crippen molar-refractivity contribution in [3.05, 3.63) is 35.1 Å². The monoisotopic (exact) mass is 328 g/mol. The molecular weight excluding hydrogens is 300 g/mol. The first-order valence-electron chi connectivity index (χ1n) is 9.08. The van der Waals surface area contributed by atoms with E-state index < -0.39 is 0 Å². The first kappa shape index (κ1) is 17.0. The lowest BCUT2D eigenvalue weighted by Crippen LogP contribution is -2.47. The van der Waals surface area contributed by atoms with Crippen molar-refractivity contribution in [1.29, 1.82) is 0 Å². The summed E-state index contributed by atoms with van der Waals surface area (Å²) in [4.78, 5) is 15.1. The van der Waals surface area contributed by atoms with Crippen molar-refractivity contribution < 1.29 is 9.21 Å². The van der Waals surface area contributed by atoms with Gasteiger partial charge in [0.2, 0.25) is 5.91 Å². The molecular formula is C20H28N2O2. The maximum atomic E-state index is 13.0. The van der Waals surface area contributed by atoms with E-state index in [0.29, 0.717) is 12.5 Å². The number of hydrogen-bond donors (Lipinski definition) is 1. The average Bonchev–Trinajstić information content (AvgIpc) is 3.00. The van der Waals surface area contributed by atoms with E-state index in [1.807, 2.05) is 0 Å². The Labute approximate surface area is 144 Å². The summed E-state index contributed by atoms with van der Waals surface area (Å²) in [5.74, 6) is 0.227. The fraction of sp³-hybridized carbons (Fsp3) is 0.550. The van der Waals surface area contributed by atoms with Gasteiger partial charge in [-0.1, -0.05) is 19.1 Å². The van der Waals surface area contributed by atoms with E-state index in [1.54, 1.807) is 6.26 Å². The third-order valence-electron chi connectivity index (χ3n) is 5.22. The molecule has 2 heterocycles. The summed E-state index contributed by atoms with van der Waals surface area (Å²) in [5, 5.41) is 4.46. The molecule has 0 radical (unpaired) electrons. The second-order valence-electron chi connectivity index (χ2n) is 6.89. The Morgan fingerprint density at radius 1 is 1.29 bits per heavy atom. The number of furan rings is 1. The number of benzene rings is 1. The number of piperidine rings is 1. The van der Waals surface area contributed by atoms with Gasteiger partial charge < -0.3 is 14.6 Å². The highest BCUT2D eigenvalue weighted by Gasteiger charge is 2.25. The smallest absolute Gasteiger partial charge is 0.227 e. The Balaban J connectivity index is 1.80. The fourth-order valence-corrected chi connectivity index (χ4v) is 3.66. The van der Waals surface area contributed by atoms with Crippen LogP contribution in [0.25, 0.3) is 11.0 Å². The number of carbonyl (C=O) groups excluding carboxylic acids is 1. The minimum Gasteiger partial charge on any atom is -0.464 e. The normalized spacial score (nSPS) is 15.8. The van der Waals surface area contributed by atoms with E-state index in [9.17, 15) is 4.79 Å². The zero-order valence-corrected chi connectivity index (χ0v) is 15.0. The van der Waals surface area contributed by atoms with Crippen molar-refractivity contribution >= 4 is 16.9 Å². The summed E-state index contributed by atoms with van der Waals surface area (Å²) in [6, 6.07) is 4.57. The van der Waals surface area contributed by atoms with Gasteiger partial charge in [0, 0.05) is 23.5 Å². The molecule has 0 bridgehead atoms. The van der Waals surface area contributed by atoms with E-state index in [1.165, 1.54) is 5.56 Å². The molecule has 0 atom stereocenters. The van der Waals surface area contributed by atoms with Crippen LogP contribution in [0.4, 0.5) is 0 Å². The molecule has 4 heteroatoms. The lowest BCUT2D eigenvalue weighted by Gasteiger charge is -2.34. The topological polar surface area (TPSA) is 45.5 Å². The molecule has 1 aliphatic heterocycles. The van der Waals surface area contributed by atoms with Crippen LogP contribution in [0.2, 0.25) is 0 Å². The largest absolute Gasteiger partial charge is 0.464 e. The number of nitrogens with zero attached hydrogens (tertiary/aromatic N) is 1. The van der Waals surface area contributed by atoms with E-state index in [0.717, 1.165) is 61.0 Å². The molecule has 1 aromatic heterocycles. The van der Waals surface area contributed by atoms with E-state index in [2.05, 4.69) is 43.1 Å². The third-order valence-corrected chi connectivity index (χ3v) is 5.22. The average molecular weight is 328 g/mol. The van der Waals surface area contributed by atoms with Gasteiger partial charge in [0.1, 0.15) is 5.58 Å². The second kappa shape index (κ2) is 7.39. The predicted octanol–water partition coefficient (Wildman–Crippen LogP) is 3.58. The van der Waals surface area contributed by atoms with Gasteiger partial charge in [0.05, 0.1) is 12.7 Å². The molecule has 24 heavy (non-hydrogen) atoms. The van der Waals surface area contributed by atoms with Crippen molar-refractivity contribution in [1.82, 2.24) is 10.2 Å². The SMILES string of the molecule is CCCN(C(=O)Cc1coc2c(C)c(C)ccc12)C1CCNCC1. The molecule has 1 amide bonds. The molecule has 130 valence electrons. The lowest BCUT2D eigenvalue weighted by atomic mass is 10.0. The highest BCUT2D eigenvalue weighted by molar-refractivity contribution is 5.89. The van der Waals surface area contributed by atoms with Crippen LogP contribution in [-0.2, 0) is 11.2 Å². The number of hydrogen-bond acceptors (Lipinski definition) is 3. The maximum absolute atomic E-state index is 13.0. The molecule has 1 N–H and O–H groups in total. The number of rotatable bonds is 5. The third kappa shape index (κ3) is 3.34. The van der Waals surface area contributed by atoms with Gasteiger partial charge in [-0.05, 0) is 57.3 Å². The maximum Gasteiger partial charge on any atom is 0.227 e. The van der Waals surface area contributed by atoms with Crippen molar-refractivity contribution in [3.8, 4) is 0 Å². The summed E-state index contributed by atoms with van der Waals surface area (Å²) < 4.78 is 5.77. The van der Waals surface area contributed by atoms with Crippen LogP contribution < -0.4 is 5.32 Å². The fourth-order valence-electron chi connectivity index (χ4n) is 3.66. The molecule has 2 aromatic rings. The van der Waals surface area contributed by atoms with Gasteiger partial charge in [-0.2, -0.15) is 0 Å². The number of carbonyl (C=O) groups is 1. The first-order chi connectivity index (χ1) is 11.6. The summed E-state index contributed by atoms with van der Waals surface area (Å²) >= 11 is 0. The quantitative estimate of drug-likeness (QED) is 0.912. The van der Waals surface area contributed by atoms with Crippen LogP contribution >= 0.6 is 0 Å². The van der Waals surface area contributed by atoms with E-state index in [4.69, 9.17) is 4.42 Å². The van der Waals surface area contributed by atoms with E-state index >= 15 is 0 Å². The molecule has 1 saturated heterocycles. The Morgan fingerprint density at radius 3 is 2.75 bits per heavy atom. The minimum absolute atomic E-state index is 0.227. The molecule has 1 aromatic carbocycles. The highest BCUT2D eigenvalue weighted by Crippen LogP contribution is 2.27. The molecule has 4 nitrogen and oxygen atoms in total. The van der Waals surface area contributed by atoms with Crippen molar-refractivity contribution in [2.75, 3.05) is 19.6 Å². The van der Waals surface area contributed by atoms with Gasteiger partial charge >= 0.3 is 0 Å². The lowest BCUT2D eigenvalue weighted by molar-refractivity contribution is -0.133. The van der Waals surface area contributed by atoms with Crippen molar-refractivity contribution in [2.45, 2.75) is 52.5 Å². The van der Waals surface area contributed by atoms with Crippen LogP contribution in [0.3, 0.4) is 0 Å². The molecule has 3 rings (SSSR count). The van der Waals surface area contributed by atoms with Gasteiger partial charge in [-0.25, -0.2) is 0 Å². The molecule has 0 spiro atoms. The Morgan fingerprint density at radius 2 is 2.04 bits per heavy atom. The minimum atomic E-state index is 0.227. The first-order valence-corrected chi connectivity index (χ1v) is 9.08. The van der Waals surface area contributed by atoms with Crippen LogP contribution in [0.15, 0.2) is 22.8 Å². The van der Waals surface area contributed by atoms with Crippen molar-refractivity contribution in [2.24, 2.45) is 0 Å². The Bertz CT molecular complexity index is 714. The summed E-state index contributed by atoms with van der Waals surface area (Å²) in [6.07, 6.45) is 5.30. The summed E-state index contributed by atoms with van der Waals surface area (Å²) in [5.41, 5.74) is 4.31. The predicted molar refractivity (Wildman–Crippen MR) is 97.3 cm³/mol. The highest BCUT2D eigenvalue weighted by atomic mass is 16.3.